The number of hydrogen-bond donors (Lipinski definition) is 0. The number of hydrogen-bond acceptors (Lipinski definition) is 6. The van der Waals surface area contributed by atoms with E-state index < -0.39 is 6.16 Å². The third-order valence-corrected chi connectivity index (χ3v) is 1.71. The molecule has 0 spiro atoms. The minimum atomic E-state index is -0.696. The van der Waals surface area contributed by atoms with Crippen LogP contribution in [0.1, 0.15) is 13.3 Å². The Morgan fingerprint density at radius 2 is 1.29 bits per heavy atom. The van der Waals surface area contributed by atoms with Crippen molar-refractivity contribution in [3.8, 4) is 0 Å². The van der Waals surface area contributed by atoms with Crippen LogP contribution in [0.5, 0.6) is 0 Å². The second-order valence-corrected chi connectivity index (χ2v) is 3.14. The quantitative estimate of drug-likeness (QED) is 0.406. The molecule has 6 nitrogen and oxygen atoms in total. The van der Waals surface area contributed by atoms with Gasteiger partial charge in [-0.15, -0.1) is 0 Å². The van der Waals surface area contributed by atoms with E-state index in [1.165, 1.54) is 7.11 Å². The number of carbonyl (C=O) groups excluding carboxylic acids is 1. The van der Waals surface area contributed by atoms with Gasteiger partial charge in [0.05, 0.1) is 40.1 Å². The van der Waals surface area contributed by atoms with Crippen LogP contribution >= 0.6 is 0 Å². The molecule has 6 heteroatoms. The lowest BCUT2D eigenvalue weighted by Crippen LogP contribution is -2.13. The predicted octanol–water partition coefficient (Wildman–Crippen LogP) is 1.23. The van der Waals surface area contributed by atoms with Crippen LogP contribution in [0.15, 0.2) is 0 Å². The van der Waals surface area contributed by atoms with Gasteiger partial charge < -0.3 is 23.7 Å². The van der Waals surface area contributed by atoms with Crippen LogP contribution in [0.4, 0.5) is 4.79 Å². The fraction of sp³-hybridized carbons (Fsp3) is 0.909. The topological polar surface area (TPSA) is 63.2 Å². The Kier molecular flexibility index (Phi) is 12.6. The summed E-state index contributed by atoms with van der Waals surface area (Å²) in [6.45, 7) is 5.51. The third-order valence-electron chi connectivity index (χ3n) is 1.71. The van der Waals surface area contributed by atoms with Gasteiger partial charge in [0.25, 0.3) is 0 Å². The molecule has 17 heavy (non-hydrogen) atoms. The molecular formula is C11H22O6. The van der Waals surface area contributed by atoms with E-state index in [0.29, 0.717) is 33.0 Å². The standard InChI is InChI=1S/C11H22O6/c1-3-4-14-5-6-15-7-8-16-9-10-17-11(12)13-2/h3-10H2,1-2H3. The van der Waals surface area contributed by atoms with Crippen molar-refractivity contribution >= 4 is 6.16 Å². The minimum absolute atomic E-state index is 0.187. The van der Waals surface area contributed by atoms with Crippen LogP contribution in [0.3, 0.4) is 0 Å². The maximum Gasteiger partial charge on any atom is 0.508 e. The molecule has 102 valence electrons. The molecule has 0 aliphatic carbocycles. The van der Waals surface area contributed by atoms with Crippen molar-refractivity contribution in [2.24, 2.45) is 0 Å². The average molecular weight is 250 g/mol. The van der Waals surface area contributed by atoms with Crippen LogP contribution < -0.4 is 0 Å². The van der Waals surface area contributed by atoms with Gasteiger partial charge in [-0.05, 0) is 6.42 Å². The van der Waals surface area contributed by atoms with Gasteiger partial charge in [0, 0.05) is 6.61 Å². The van der Waals surface area contributed by atoms with Gasteiger partial charge in [-0.1, -0.05) is 6.92 Å². The molecule has 0 fully saturated rings. The molecule has 0 N–H and O–H groups in total. The van der Waals surface area contributed by atoms with E-state index in [2.05, 4.69) is 16.4 Å². The van der Waals surface area contributed by atoms with E-state index in [9.17, 15) is 4.79 Å². The Morgan fingerprint density at radius 1 is 0.824 bits per heavy atom. The van der Waals surface area contributed by atoms with E-state index >= 15 is 0 Å². The summed E-state index contributed by atoms with van der Waals surface area (Å²) >= 11 is 0. The highest BCUT2D eigenvalue weighted by Gasteiger charge is 1.98. The second kappa shape index (κ2) is 13.2. The van der Waals surface area contributed by atoms with E-state index in [4.69, 9.17) is 14.2 Å². The van der Waals surface area contributed by atoms with Crippen molar-refractivity contribution in [1.29, 1.82) is 0 Å². The van der Waals surface area contributed by atoms with E-state index in [0.717, 1.165) is 13.0 Å². The zero-order valence-electron chi connectivity index (χ0n) is 10.6. The van der Waals surface area contributed by atoms with Gasteiger partial charge in [-0.2, -0.15) is 0 Å². The summed E-state index contributed by atoms with van der Waals surface area (Å²) in [6, 6.07) is 0. The van der Waals surface area contributed by atoms with E-state index in [1.54, 1.807) is 0 Å². The first-order chi connectivity index (χ1) is 8.31. The van der Waals surface area contributed by atoms with Crippen molar-refractivity contribution in [2.75, 3.05) is 53.4 Å². The Morgan fingerprint density at radius 3 is 1.76 bits per heavy atom. The lowest BCUT2D eigenvalue weighted by molar-refractivity contribution is -0.000497. The lowest BCUT2D eigenvalue weighted by Gasteiger charge is -2.06. The van der Waals surface area contributed by atoms with Gasteiger partial charge in [0.1, 0.15) is 6.61 Å². The summed E-state index contributed by atoms with van der Waals surface area (Å²) in [6.07, 6.45) is 0.321. The summed E-state index contributed by atoms with van der Waals surface area (Å²) < 4.78 is 24.5. The van der Waals surface area contributed by atoms with Crippen molar-refractivity contribution in [2.45, 2.75) is 13.3 Å². The highest BCUT2D eigenvalue weighted by Crippen LogP contribution is 1.85. The molecule has 0 bridgehead atoms. The maximum atomic E-state index is 10.5. The molecule has 0 atom stereocenters. The second-order valence-electron chi connectivity index (χ2n) is 3.14. The molecule has 0 saturated carbocycles. The molecule has 0 saturated heterocycles. The monoisotopic (exact) mass is 250 g/mol. The van der Waals surface area contributed by atoms with Crippen molar-refractivity contribution < 1.29 is 28.5 Å². The highest BCUT2D eigenvalue weighted by molar-refractivity contribution is 5.59. The first kappa shape index (κ1) is 16.1. The minimum Gasteiger partial charge on any atom is -0.438 e. The van der Waals surface area contributed by atoms with Crippen molar-refractivity contribution in [1.82, 2.24) is 0 Å². The Hall–Kier alpha value is -0.850. The van der Waals surface area contributed by atoms with Crippen LogP contribution in [0.25, 0.3) is 0 Å². The van der Waals surface area contributed by atoms with Crippen molar-refractivity contribution in [3.05, 3.63) is 0 Å². The Labute approximate surface area is 102 Å². The lowest BCUT2D eigenvalue weighted by atomic mass is 10.5. The SMILES string of the molecule is CCCOCCOCCOCCOC(=O)OC. The zero-order valence-corrected chi connectivity index (χ0v) is 10.6. The summed E-state index contributed by atoms with van der Waals surface area (Å²) in [5, 5.41) is 0. The van der Waals surface area contributed by atoms with Crippen LogP contribution in [-0.2, 0) is 23.7 Å². The third kappa shape index (κ3) is 13.1. The van der Waals surface area contributed by atoms with Crippen LogP contribution in [0, 0.1) is 0 Å². The summed E-state index contributed by atoms with van der Waals surface area (Å²) in [5.74, 6) is 0. The number of ether oxygens (including phenoxy) is 5. The molecule has 0 unspecified atom stereocenters. The molecule has 0 amide bonds. The molecular weight excluding hydrogens is 228 g/mol. The van der Waals surface area contributed by atoms with E-state index in [-0.39, 0.29) is 6.61 Å². The van der Waals surface area contributed by atoms with Gasteiger partial charge in [-0.25, -0.2) is 4.79 Å². The summed E-state index contributed by atoms with van der Waals surface area (Å²) in [7, 11) is 1.26. The van der Waals surface area contributed by atoms with Gasteiger partial charge in [0.2, 0.25) is 0 Å². The maximum absolute atomic E-state index is 10.5. The molecule has 0 aliphatic heterocycles. The summed E-state index contributed by atoms with van der Waals surface area (Å²) in [4.78, 5) is 10.5. The van der Waals surface area contributed by atoms with Crippen molar-refractivity contribution in [3.63, 3.8) is 0 Å². The first-order valence-corrected chi connectivity index (χ1v) is 5.75. The molecule has 0 heterocycles. The number of carbonyl (C=O) groups is 1. The Bertz CT molecular complexity index is 173. The van der Waals surface area contributed by atoms with Crippen LogP contribution in [0.2, 0.25) is 0 Å². The summed E-state index contributed by atoms with van der Waals surface area (Å²) in [5.41, 5.74) is 0. The number of methoxy groups -OCH3 is 1. The normalized spacial score (nSPS) is 10.2. The van der Waals surface area contributed by atoms with Gasteiger partial charge in [0.15, 0.2) is 0 Å². The largest absolute Gasteiger partial charge is 0.508 e. The molecule has 0 rings (SSSR count). The fourth-order valence-corrected chi connectivity index (χ4v) is 0.929. The predicted molar refractivity (Wildman–Crippen MR) is 61.1 cm³/mol. The Balaban J connectivity index is 2.96. The average Bonchev–Trinajstić information content (AvgIpc) is 2.35. The molecule has 0 radical (unpaired) electrons. The molecule has 0 aromatic carbocycles. The first-order valence-electron chi connectivity index (χ1n) is 5.75. The number of rotatable bonds is 11. The van der Waals surface area contributed by atoms with Gasteiger partial charge in [-0.3, -0.25) is 0 Å². The van der Waals surface area contributed by atoms with Crippen LogP contribution in [-0.4, -0.2) is 59.5 Å². The zero-order chi connectivity index (χ0) is 12.8. The molecule has 0 aromatic rings. The fourth-order valence-electron chi connectivity index (χ4n) is 0.929. The molecule has 0 aliphatic rings. The van der Waals surface area contributed by atoms with Gasteiger partial charge >= 0.3 is 6.16 Å². The molecule has 0 aromatic heterocycles. The highest BCUT2D eigenvalue weighted by atomic mass is 16.7. The van der Waals surface area contributed by atoms with E-state index in [1.807, 2.05) is 0 Å². The smallest absolute Gasteiger partial charge is 0.438 e.